The molecule has 6 nitrogen and oxygen atoms in total. The first-order valence-corrected chi connectivity index (χ1v) is 8.25. The third-order valence-corrected chi connectivity index (χ3v) is 3.74. The van der Waals surface area contributed by atoms with Crippen molar-refractivity contribution in [3.63, 3.8) is 0 Å². The average Bonchev–Trinajstić information content (AvgIpc) is 3.11. The minimum Gasteiger partial charge on any atom is -0.486 e. The number of fused-ring (bicyclic) bond motifs is 1. The van der Waals surface area contributed by atoms with E-state index in [1.54, 1.807) is 12.5 Å². The summed E-state index contributed by atoms with van der Waals surface area (Å²) >= 11 is 6.26. The van der Waals surface area contributed by atoms with Crippen LogP contribution in [0.4, 0.5) is 0 Å². The number of ether oxygens (including phenoxy) is 2. The molecule has 0 saturated carbocycles. The van der Waals surface area contributed by atoms with Crippen LogP contribution in [0.1, 0.15) is 18.1 Å². The van der Waals surface area contributed by atoms with E-state index in [-0.39, 0.29) is 0 Å². The van der Waals surface area contributed by atoms with Gasteiger partial charge in [0.2, 0.25) is 0 Å². The van der Waals surface area contributed by atoms with Gasteiger partial charge in [0, 0.05) is 18.7 Å². The predicted molar refractivity (Wildman–Crippen MR) is 92.8 cm³/mol. The Balaban J connectivity index is 1.68. The largest absolute Gasteiger partial charge is 0.486 e. The van der Waals surface area contributed by atoms with Gasteiger partial charge in [0.1, 0.15) is 13.2 Å². The van der Waals surface area contributed by atoms with E-state index in [0.717, 1.165) is 23.6 Å². The van der Waals surface area contributed by atoms with E-state index < -0.39 is 0 Å². The highest BCUT2D eigenvalue weighted by molar-refractivity contribution is 6.32. The number of furan rings is 1. The fourth-order valence-electron chi connectivity index (χ4n) is 2.35. The standard InChI is InChI=1S/C17H20ClN3O3/c1-2-19-17(20-9-12-3-4-22-11-12)21-10-13-7-14(18)16-15(8-13)23-5-6-24-16/h3-4,7-8,11H,2,5-6,9-10H2,1H3,(H2,19,20,21). The molecule has 128 valence electrons. The number of rotatable bonds is 5. The van der Waals surface area contributed by atoms with Crippen LogP contribution in [0, 0.1) is 0 Å². The molecule has 24 heavy (non-hydrogen) atoms. The monoisotopic (exact) mass is 349 g/mol. The topological polar surface area (TPSA) is 68.0 Å². The molecule has 1 aromatic heterocycles. The van der Waals surface area contributed by atoms with E-state index in [0.29, 0.717) is 42.8 Å². The van der Waals surface area contributed by atoms with Gasteiger partial charge < -0.3 is 24.5 Å². The summed E-state index contributed by atoms with van der Waals surface area (Å²) in [6, 6.07) is 5.69. The van der Waals surface area contributed by atoms with Crippen molar-refractivity contribution in [3.05, 3.63) is 46.9 Å². The maximum absolute atomic E-state index is 6.26. The molecular weight excluding hydrogens is 330 g/mol. The fraction of sp³-hybridized carbons (Fsp3) is 0.353. The van der Waals surface area contributed by atoms with Crippen LogP contribution >= 0.6 is 11.6 Å². The van der Waals surface area contributed by atoms with Crippen molar-refractivity contribution in [2.75, 3.05) is 19.8 Å². The lowest BCUT2D eigenvalue weighted by Gasteiger charge is -2.20. The Labute approximate surface area is 145 Å². The lowest BCUT2D eigenvalue weighted by atomic mass is 10.2. The van der Waals surface area contributed by atoms with Crippen molar-refractivity contribution in [3.8, 4) is 11.5 Å². The molecule has 0 bridgehead atoms. The number of nitrogens with one attached hydrogen (secondary N) is 2. The van der Waals surface area contributed by atoms with Crippen molar-refractivity contribution >= 4 is 17.6 Å². The molecule has 0 unspecified atom stereocenters. The number of guanidine groups is 1. The zero-order valence-electron chi connectivity index (χ0n) is 13.5. The minimum atomic E-state index is 0.483. The molecule has 1 aromatic carbocycles. The van der Waals surface area contributed by atoms with Gasteiger partial charge in [-0.1, -0.05) is 11.6 Å². The first kappa shape index (κ1) is 16.5. The second kappa shape index (κ2) is 7.97. The third kappa shape index (κ3) is 4.14. The van der Waals surface area contributed by atoms with Crippen LogP contribution in [-0.4, -0.2) is 25.7 Å². The van der Waals surface area contributed by atoms with Crippen LogP contribution in [0.2, 0.25) is 5.02 Å². The molecule has 0 amide bonds. The summed E-state index contributed by atoms with van der Waals surface area (Å²) < 4.78 is 16.2. The van der Waals surface area contributed by atoms with Crippen molar-refractivity contribution in [2.45, 2.75) is 20.0 Å². The van der Waals surface area contributed by atoms with Gasteiger partial charge in [-0.15, -0.1) is 0 Å². The second-order valence-electron chi connectivity index (χ2n) is 5.28. The maximum Gasteiger partial charge on any atom is 0.191 e. The van der Waals surface area contributed by atoms with Crippen LogP contribution in [0.5, 0.6) is 11.5 Å². The van der Waals surface area contributed by atoms with Crippen LogP contribution in [0.3, 0.4) is 0 Å². The van der Waals surface area contributed by atoms with Crippen molar-refractivity contribution < 1.29 is 13.9 Å². The Hall–Kier alpha value is -2.34. The van der Waals surface area contributed by atoms with Gasteiger partial charge in [-0.3, -0.25) is 0 Å². The number of hydrogen-bond acceptors (Lipinski definition) is 4. The molecule has 2 aromatic rings. The number of aliphatic imine (C=N–C) groups is 1. The van der Waals surface area contributed by atoms with Crippen molar-refractivity contribution in [2.24, 2.45) is 4.99 Å². The molecule has 0 aliphatic carbocycles. The average molecular weight is 350 g/mol. The van der Waals surface area contributed by atoms with Gasteiger partial charge in [-0.2, -0.15) is 0 Å². The maximum atomic E-state index is 6.26. The zero-order valence-corrected chi connectivity index (χ0v) is 14.2. The Morgan fingerprint density at radius 3 is 2.88 bits per heavy atom. The minimum absolute atomic E-state index is 0.483. The van der Waals surface area contributed by atoms with Crippen LogP contribution < -0.4 is 20.1 Å². The van der Waals surface area contributed by atoms with Gasteiger partial charge in [-0.05, 0) is 30.7 Å². The first-order valence-electron chi connectivity index (χ1n) is 7.87. The summed E-state index contributed by atoms with van der Waals surface area (Å²) in [5, 5.41) is 7.02. The smallest absolute Gasteiger partial charge is 0.191 e. The zero-order chi connectivity index (χ0) is 16.8. The van der Waals surface area contributed by atoms with E-state index in [2.05, 4.69) is 15.6 Å². The molecule has 0 saturated heterocycles. The quantitative estimate of drug-likeness (QED) is 0.641. The molecule has 0 spiro atoms. The van der Waals surface area contributed by atoms with E-state index in [1.807, 2.05) is 25.1 Å². The molecule has 0 fully saturated rings. The Morgan fingerprint density at radius 2 is 2.08 bits per heavy atom. The molecule has 1 aliphatic rings. The molecule has 1 aliphatic heterocycles. The predicted octanol–water partition coefficient (Wildman–Crippen LogP) is 2.96. The molecular formula is C17H20ClN3O3. The lowest BCUT2D eigenvalue weighted by molar-refractivity contribution is 0.171. The number of halogens is 1. The molecule has 2 N–H and O–H groups in total. The Morgan fingerprint density at radius 1 is 1.21 bits per heavy atom. The highest BCUT2D eigenvalue weighted by atomic mass is 35.5. The van der Waals surface area contributed by atoms with Crippen LogP contribution in [-0.2, 0) is 13.1 Å². The molecule has 3 rings (SSSR count). The van der Waals surface area contributed by atoms with E-state index in [1.165, 1.54) is 0 Å². The Kier molecular flexibility index (Phi) is 5.48. The second-order valence-corrected chi connectivity index (χ2v) is 5.69. The van der Waals surface area contributed by atoms with Crippen LogP contribution in [0.25, 0.3) is 0 Å². The third-order valence-electron chi connectivity index (χ3n) is 3.46. The van der Waals surface area contributed by atoms with E-state index in [4.69, 9.17) is 25.5 Å². The van der Waals surface area contributed by atoms with Crippen LogP contribution in [0.15, 0.2) is 40.1 Å². The number of nitrogens with zero attached hydrogens (tertiary/aromatic N) is 1. The normalized spacial score (nSPS) is 13.7. The summed E-state index contributed by atoms with van der Waals surface area (Å²) in [6.45, 7) is 4.98. The SMILES string of the molecule is CCNC(=NCc1cc(Cl)c2c(c1)OCCO2)NCc1ccoc1. The first-order chi connectivity index (χ1) is 11.8. The van der Waals surface area contributed by atoms with Crippen molar-refractivity contribution in [1.29, 1.82) is 0 Å². The fourth-order valence-corrected chi connectivity index (χ4v) is 2.63. The summed E-state index contributed by atoms with van der Waals surface area (Å²) in [5.74, 6) is 2.01. The highest BCUT2D eigenvalue weighted by Gasteiger charge is 2.16. The highest BCUT2D eigenvalue weighted by Crippen LogP contribution is 2.38. The molecule has 0 atom stereocenters. The molecule has 2 heterocycles. The summed E-state index contributed by atoms with van der Waals surface area (Å²) in [6.07, 6.45) is 3.36. The summed E-state index contributed by atoms with van der Waals surface area (Å²) in [4.78, 5) is 4.58. The number of hydrogen-bond donors (Lipinski definition) is 2. The Bertz CT molecular complexity index is 701. The summed E-state index contributed by atoms with van der Waals surface area (Å²) in [7, 11) is 0. The van der Waals surface area contributed by atoms with Gasteiger partial charge in [-0.25, -0.2) is 4.99 Å². The van der Waals surface area contributed by atoms with E-state index in [9.17, 15) is 0 Å². The van der Waals surface area contributed by atoms with Crippen molar-refractivity contribution in [1.82, 2.24) is 10.6 Å². The molecule has 0 radical (unpaired) electrons. The lowest BCUT2D eigenvalue weighted by Crippen LogP contribution is -2.36. The van der Waals surface area contributed by atoms with Gasteiger partial charge >= 0.3 is 0 Å². The van der Waals surface area contributed by atoms with E-state index >= 15 is 0 Å². The number of benzene rings is 1. The van der Waals surface area contributed by atoms with Gasteiger partial charge in [0.05, 0.1) is 24.1 Å². The van der Waals surface area contributed by atoms with Gasteiger partial charge in [0.15, 0.2) is 17.5 Å². The molecule has 7 heteroatoms. The summed E-state index contributed by atoms with van der Waals surface area (Å²) in [5.41, 5.74) is 2.02. The van der Waals surface area contributed by atoms with Gasteiger partial charge in [0.25, 0.3) is 0 Å².